The van der Waals surface area contributed by atoms with Crippen LogP contribution in [0.25, 0.3) is 0 Å². The van der Waals surface area contributed by atoms with E-state index in [1.165, 1.54) is 89.9 Å². The molecular weight excluding hydrogens is 789 g/mol. The SMILES string of the molecule is CC/C=C\C/C=C\C/C=C\C/C=C\C/C=C\CCCC(=O)O[C@H](COCCCCCCCCCCCCCCCCCC)COC(=O)CCCC/C=C\C/C=C\C/C=C\C/C=C\CC. The Hall–Kier alpha value is -3.44. The highest BCUT2D eigenvalue weighted by molar-refractivity contribution is 5.70. The molecule has 0 aliphatic rings. The Morgan fingerprint density at radius 1 is 0.359 bits per heavy atom. The summed E-state index contributed by atoms with van der Waals surface area (Å²) in [5.41, 5.74) is 0. The lowest BCUT2D eigenvalue weighted by atomic mass is 10.0. The molecule has 0 aliphatic carbocycles. The van der Waals surface area contributed by atoms with E-state index in [1.807, 2.05) is 0 Å². The van der Waals surface area contributed by atoms with Crippen molar-refractivity contribution < 1.29 is 23.8 Å². The van der Waals surface area contributed by atoms with Gasteiger partial charge in [-0.1, -0.05) is 226 Å². The molecule has 0 aromatic heterocycles. The summed E-state index contributed by atoms with van der Waals surface area (Å²) in [5, 5.41) is 0. The molecule has 0 aromatic rings. The second-order valence-corrected chi connectivity index (χ2v) is 17.0. The van der Waals surface area contributed by atoms with Gasteiger partial charge in [0, 0.05) is 19.4 Å². The Morgan fingerprint density at radius 3 is 1.14 bits per heavy atom. The Labute approximate surface area is 395 Å². The average molecular weight is 887 g/mol. The Kier molecular flexibility index (Phi) is 51.0. The monoisotopic (exact) mass is 887 g/mol. The molecule has 0 spiro atoms. The molecule has 0 unspecified atom stereocenters. The van der Waals surface area contributed by atoms with Gasteiger partial charge in [0.15, 0.2) is 6.10 Å². The molecule has 0 radical (unpaired) electrons. The van der Waals surface area contributed by atoms with Crippen molar-refractivity contribution in [3.8, 4) is 0 Å². The summed E-state index contributed by atoms with van der Waals surface area (Å²) in [5.74, 6) is -0.514. The van der Waals surface area contributed by atoms with Crippen LogP contribution in [0.4, 0.5) is 0 Å². The Morgan fingerprint density at radius 2 is 0.719 bits per heavy atom. The molecule has 0 rings (SSSR count). The molecule has 0 heterocycles. The number of carbonyl (C=O) groups is 2. The van der Waals surface area contributed by atoms with Crippen LogP contribution in [-0.2, 0) is 23.8 Å². The number of hydrogen-bond donors (Lipinski definition) is 0. The minimum atomic E-state index is -0.587. The summed E-state index contributed by atoms with van der Waals surface area (Å²) in [6.45, 7) is 7.50. The molecule has 0 aliphatic heterocycles. The van der Waals surface area contributed by atoms with Crippen molar-refractivity contribution in [3.63, 3.8) is 0 Å². The highest BCUT2D eigenvalue weighted by Crippen LogP contribution is 2.14. The molecule has 0 aromatic carbocycles. The Balaban J connectivity index is 4.44. The zero-order chi connectivity index (χ0) is 46.3. The minimum absolute atomic E-state index is 0.0369. The predicted molar refractivity (Wildman–Crippen MR) is 279 cm³/mol. The zero-order valence-corrected chi connectivity index (χ0v) is 41.8. The third kappa shape index (κ3) is 51.2. The molecule has 0 saturated carbocycles. The summed E-state index contributed by atoms with van der Waals surface area (Å²) in [4.78, 5) is 25.4. The number of rotatable bonds is 47. The van der Waals surface area contributed by atoms with E-state index in [1.54, 1.807) is 0 Å². The molecule has 5 heteroatoms. The predicted octanol–water partition coefficient (Wildman–Crippen LogP) is 18.0. The van der Waals surface area contributed by atoms with Gasteiger partial charge in [0.05, 0.1) is 6.61 Å². The fourth-order valence-electron chi connectivity index (χ4n) is 6.95. The highest BCUT2D eigenvalue weighted by Gasteiger charge is 2.17. The molecule has 0 amide bonds. The second-order valence-electron chi connectivity index (χ2n) is 17.0. The van der Waals surface area contributed by atoms with Gasteiger partial charge in [0.1, 0.15) is 6.61 Å². The van der Waals surface area contributed by atoms with Gasteiger partial charge < -0.3 is 14.2 Å². The number of carbonyl (C=O) groups excluding carboxylic acids is 2. The molecule has 5 nitrogen and oxygen atoms in total. The molecule has 364 valence electrons. The van der Waals surface area contributed by atoms with Crippen molar-refractivity contribution in [1.82, 2.24) is 0 Å². The first kappa shape index (κ1) is 60.6. The van der Waals surface area contributed by atoms with Crippen molar-refractivity contribution in [2.75, 3.05) is 19.8 Å². The van der Waals surface area contributed by atoms with Crippen LogP contribution in [0.1, 0.15) is 226 Å². The van der Waals surface area contributed by atoms with Crippen LogP contribution in [-0.4, -0.2) is 37.9 Å². The smallest absolute Gasteiger partial charge is 0.306 e. The lowest BCUT2D eigenvalue weighted by molar-refractivity contribution is -0.162. The maximum Gasteiger partial charge on any atom is 0.306 e. The van der Waals surface area contributed by atoms with E-state index < -0.39 is 6.10 Å². The van der Waals surface area contributed by atoms with Crippen molar-refractivity contribution in [2.24, 2.45) is 0 Å². The summed E-state index contributed by atoms with van der Waals surface area (Å²) >= 11 is 0. The first-order valence-electron chi connectivity index (χ1n) is 26.4. The number of esters is 2. The van der Waals surface area contributed by atoms with Crippen LogP contribution in [0, 0.1) is 0 Å². The molecular formula is C59H98O5. The molecule has 0 saturated heterocycles. The van der Waals surface area contributed by atoms with Crippen molar-refractivity contribution in [2.45, 2.75) is 232 Å². The van der Waals surface area contributed by atoms with Crippen molar-refractivity contribution >= 4 is 11.9 Å². The van der Waals surface area contributed by atoms with Gasteiger partial charge in [-0.15, -0.1) is 0 Å². The van der Waals surface area contributed by atoms with E-state index in [-0.39, 0.29) is 25.2 Å². The number of ether oxygens (including phenoxy) is 3. The lowest BCUT2D eigenvalue weighted by Crippen LogP contribution is -2.30. The lowest BCUT2D eigenvalue weighted by Gasteiger charge is -2.18. The van der Waals surface area contributed by atoms with Crippen LogP contribution in [0.3, 0.4) is 0 Å². The molecule has 64 heavy (non-hydrogen) atoms. The van der Waals surface area contributed by atoms with E-state index in [4.69, 9.17) is 14.2 Å². The molecule has 0 fully saturated rings. The summed E-state index contributed by atoms with van der Waals surface area (Å²) in [7, 11) is 0. The van der Waals surface area contributed by atoms with Crippen LogP contribution in [0.5, 0.6) is 0 Å². The fraction of sp³-hybridized carbons (Fsp3) is 0.661. The minimum Gasteiger partial charge on any atom is -0.462 e. The van der Waals surface area contributed by atoms with Crippen LogP contribution >= 0.6 is 0 Å². The maximum absolute atomic E-state index is 12.8. The summed E-state index contributed by atoms with van der Waals surface area (Å²) in [6.07, 6.45) is 74.0. The van der Waals surface area contributed by atoms with E-state index in [9.17, 15) is 9.59 Å². The summed E-state index contributed by atoms with van der Waals surface area (Å²) in [6, 6.07) is 0. The van der Waals surface area contributed by atoms with Gasteiger partial charge in [-0.25, -0.2) is 0 Å². The standard InChI is InChI=1S/C59H98O5/c1-4-7-10-13-16-19-22-25-28-30-32-35-38-41-44-47-50-53-59(61)64-57(55-62-54-51-48-45-42-39-36-33-29-26-23-20-17-14-11-8-5-2)56-63-58(60)52-49-46-43-40-37-34-31-27-24-21-18-15-12-9-6-3/h7,9-10,12,16,18-19,21,25,27-28,31-32,35,37,40-41,44,57H,4-6,8,11,13-15,17,20,22-24,26,29-30,33-34,36,38-39,42-43,45-56H2,1-3H3/b10-7-,12-9-,19-16-,21-18-,28-25-,31-27-,35-32-,40-37-,44-41-/t57-/m1/s1. The van der Waals surface area contributed by atoms with Crippen LogP contribution < -0.4 is 0 Å². The third-order valence-corrected chi connectivity index (χ3v) is 10.8. The average Bonchev–Trinajstić information content (AvgIpc) is 3.30. The van der Waals surface area contributed by atoms with Crippen LogP contribution in [0.15, 0.2) is 109 Å². The van der Waals surface area contributed by atoms with Gasteiger partial charge in [0.2, 0.25) is 0 Å². The van der Waals surface area contributed by atoms with Gasteiger partial charge in [-0.05, 0) is 96.3 Å². The van der Waals surface area contributed by atoms with Crippen molar-refractivity contribution in [1.29, 1.82) is 0 Å². The van der Waals surface area contributed by atoms with Crippen LogP contribution in [0.2, 0.25) is 0 Å². The quantitative estimate of drug-likeness (QED) is 0.0346. The second kappa shape index (κ2) is 53.9. The largest absolute Gasteiger partial charge is 0.462 e. The number of allylic oxidation sites excluding steroid dienone is 18. The Bertz CT molecular complexity index is 1280. The van der Waals surface area contributed by atoms with E-state index in [0.29, 0.717) is 19.4 Å². The van der Waals surface area contributed by atoms with E-state index in [2.05, 4.69) is 130 Å². The van der Waals surface area contributed by atoms with Gasteiger partial charge in [-0.2, -0.15) is 0 Å². The summed E-state index contributed by atoms with van der Waals surface area (Å²) < 4.78 is 17.3. The van der Waals surface area contributed by atoms with Gasteiger partial charge in [0.25, 0.3) is 0 Å². The normalized spacial score (nSPS) is 13.1. The fourth-order valence-corrected chi connectivity index (χ4v) is 6.95. The van der Waals surface area contributed by atoms with Crippen molar-refractivity contribution in [3.05, 3.63) is 109 Å². The molecule has 1 atom stereocenters. The highest BCUT2D eigenvalue weighted by atomic mass is 16.6. The van der Waals surface area contributed by atoms with Gasteiger partial charge >= 0.3 is 11.9 Å². The zero-order valence-electron chi connectivity index (χ0n) is 41.8. The number of unbranched alkanes of at least 4 members (excludes halogenated alkanes) is 18. The number of hydrogen-bond acceptors (Lipinski definition) is 5. The van der Waals surface area contributed by atoms with Gasteiger partial charge in [-0.3, -0.25) is 9.59 Å². The third-order valence-electron chi connectivity index (χ3n) is 10.8. The topological polar surface area (TPSA) is 61.8 Å². The maximum atomic E-state index is 12.8. The molecule has 0 N–H and O–H groups in total. The first-order valence-corrected chi connectivity index (χ1v) is 26.4. The van der Waals surface area contributed by atoms with E-state index in [0.717, 1.165) is 103 Å². The first-order chi connectivity index (χ1) is 31.6. The van der Waals surface area contributed by atoms with E-state index >= 15 is 0 Å². The molecule has 0 bridgehead atoms.